The van der Waals surface area contributed by atoms with E-state index in [-0.39, 0.29) is 5.97 Å². The lowest BCUT2D eigenvalue weighted by atomic mass is 10.1. The quantitative estimate of drug-likeness (QED) is 0.836. The van der Waals surface area contributed by atoms with Gasteiger partial charge in [0.05, 0.1) is 7.11 Å². The van der Waals surface area contributed by atoms with Gasteiger partial charge in [-0.2, -0.15) is 0 Å². The number of carbonyl (C=O) groups is 1. The van der Waals surface area contributed by atoms with Gasteiger partial charge < -0.3 is 14.2 Å². The van der Waals surface area contributed by atoms with E-state index in [1.165, 1.54) is 7.11 Å². The molecule has 0 aliphatic carbocycles. The Labute approximate surface area is 112 Å². The van der Waals surface area contributed by atoms with Gasteiger partial charge in [-0.25, -0.2) is 0 Å². The summed E-state index contributed by atoms with van der Waals surface area (Å²) in [6.45, 7) is 5.28. The lowest BCUT2D eigenvalue weighted by Crippen LogP contribution is -2.46. The highest BCUT2D eigenvalue weighted by Gasteiger charge is 2.27. The number of ether oxygens (including phenoxy) is 3. The molecule has 1 heterocycles. The number of fused-ring (bicyclic) bond motifs is 1. The van der Waals surface area contributed by atoms with E-state index in [1.54, 1.807) is 13.8 Å². The predicted molar refractivity (Wildman–Crippen MR) is 70.4 cm³/mol. The molecule has 19 heavy (non-hydrogen) atoms. The van der Waals surface area contributed by atoms with E-state index in [2.05, 4.69) is 5.32 Å². The summed E-state index contributed by atoms with van der Waals surface area (Å²) in [4.78, 5) is 11.6. The summed E-state index contributed by atoms with van der Waals surface area (Å²) in [5.74, 6) is 1.23. The molecule has 0 amide bonds. The zero-order valence-corrected chi connectivity index (χ0v) is 11.5. The predicted octanol–water partition coefficient (Wildman–Crippen LogP) is 1.50. The molecule has 0 bridgehead atoms. The standard InChI is InChI=1S/C14H19NO4/c1-14(2,13(16)17-3)15-9-10-4-5-11-12(8-10)19-7-6-18-11/h4-5,8,15H,6-7,9H2,1-3H3. The van der Waals surface area contributed by atoms with Gasteiger partial charge in [-0.3, -0.25) is 10.1 Å². The van der Waals surface area contributed by atoms with Crippen LogP contribution in [0, 0.1) is 0 Å². The number of carbonyl (C=O) groups excluding carboxylic acids is 1. The van der Waals surface area contributed by atoms with Crippen LogP contribution >= 0.6 is 0 Å². The second-order valence-corrected chi connectivity index (χ2v) is 4.95. The van der Waals surface area contributed by atoms with Crippen molar-refractivity contribution in [2.75, 3.05) is 20.3 Å². The highest BCUT2D eigenvalue weighted by molar-refractivity contribution is 5.79. The molecule has 0 atom stereocenters. The second-order valence-electron chi connectivity index (χ2n) is 4.95. The maximum atomic E-state index is 11.6. The Balaban J connectivity index is 2.02. The average Bonchev–Trinajstić information content (AvgIpc) is 2.44. The van der Waals surface area contributed by atoms with E-state index in [4.69, 9.17) is 14.2 Å². The van der Waals surface area contributed by atoms with E-state index in [0.717, 1.165) is 17.1 Å². The molecular weight excluding hydrogens is 246 g/mol. The van der Waals surface area contributed by atoms with Crippen molar-refractivity contribution in [1.82, 2.24) is 5.32 Å². The van der Waals surface area contributed by atoms with Crippen molar-refractivity contribution < 1.29 is 19.0 Å². The van der Waals surface area contributed by atoms with Gasteiger partial charge in [0.2, 0.25) is 0 Å². The Kier molecular flexibility index (Phi) is 3.95. The molecule has 1 aromatic carbocycles. The fourth-order valence-electron chi connectivity index (χ4n) is 1.85. The first-order chi connectivity index (χ1) is 9.03. The fourth-order valence-corrected chi connectivity index (χ4v) is 1.85. The molecule has 5 heteroatoms. The first-order valence-electron chi connectivity index (χ1n) is 6.25. The van der Waals surface area contributed by atoms with E-state index in [0.29, 0.717) is 19.8 Å². The number of benzene rings is 1. The monoisotopic (exact) mass is 265 g/mol. The Bertz CT molecular complexity index is 471. The van der Waals surface area contributed by atoms with Gasteiger partial charge in [-0.1, -0.05) is 6.07 Å². The van der Waals surface area contributed by atoms with Crippen molar-refractivity contribution in [3.05, 3.63) is 23.8 Å². The van der Waals surface area contributed by atoms with Gasteiger partial charge >= 0.3 is 5.97 Å². The van der Waals surface area contributed by atoms with Gasteiger partial charge in [0.25, 0.3) is 0 Å². The Morgan fingerprint density at radius 2 is 2.00 bits per heavy atom. The smallest absolute Gasteiger partial charge is 0.325 e. The molecule has 1 aliphatic rings. The summed E-state index contributed by atoms with van der Waals surface area (Å²) in [7, 11) is 1.38. The van der Waals surface area contributed by atoms with Crippen molar-refractivity contribution in [1.29, 1.82) is 0 Å². The zero-order valence-electron chi connectivity index (χ0n) is 11.5. The lowest BCUT2D eigenvalue weighted by Gasteiger charge is -2.24. The molecule has 1 N–H and O–H groups in total. The number of rotatable bonds is 4. The normalized spacial score (nSPS) is 14.1. The van der Waals surface area contributed by atoms with Crippen LogP contribution in [0.4, 0.5) is 0 Å². The molecule has 104 valence electrons. The molecule has 0 saturated carbocycles. The highest BCUT2D eigenvalue weighted by Crippen LogP contribution is 2.30. The zero-order chi connectivity index (χ0) is 13.9. The van der Waals surface area contributed by atoms with Gasteiger partial charge in [0.15, 0.2) is 11.5 Å². The molecule has 0 saturated heterocycles. The van der Waals surface area contributed by atoms with Crippen molar-refractivity contribution in [3.63, 3.8) is 0 Å². The van der Waals surface area contributed by atoms with Crippen LogP contribution in [-0.4, -0.2) is 31.8 Å². The first-order valence-corrected chi connectivity index (χ1v) is 6.25. The summed E-state index contributed by atoms with van der Waals surface area (Å²) in [5, 5.41) is 3.16. The minimum Gasteiger partial charge on any atom is -0.486 e. The van der Waals surface area contributed by atoms with Crippen LogP contribution in [-0.2, 0) is 16.1 Å². The van der Waals surface area contributed by atoms with E-state index in [1.807, 2.05) is 18.2 Å². The number of hydrogen-bond acceptors (Lipinski definition) is 5. The third-order valence-corrected chi connectivity index (χ3v) is 3.04. The molecule has 0 radical (unpaired) electrons. The molecule has 1 aromatic rings. The van der Waals surface area contributed by atoms with E-state index >= 15 is 0 Å². The number of nitrogens with one attached hydrogen (secondary N) is 1. The molecule has 0 fully saturated rings. The summed E-state index contributed by atoms with van der Waals surface area (Å²) in [5.41, 5.74) is 0.309. The van der Waals surface area contributed by atoms with Crippen molar-refractivity contribution in [2.24, 2.45) is 0 Å². The van der Waals surface area contributed by atoms with Gasteiger partial charge in [-0.05, 0) is 31.5 Å². The number of hydrogen-bond donors (Lipinski definition) is 1. The molecular formula is C14H19NO4. The SMILES string of the molecule is COC(=O)C(C)(C)NCc1ccc2c(c1)OCCO2. The largest absolute Gasteiger partial charge is 0.486 e. The van der Waals surface area contributed by atoms with Crippen LogP contribution < -0.4 is 14.8 Å². The molecule has 0 unspecified atom stereocenters. The van der Waals surface area contributed by atoms with E-state index < -0.39 is 5.54 Å². The summed E-state index contributed by atoms with van der Waals surface area (Å²) in [6, 6.07) is 5.76. The molecule has 0 spiro atoms. The van der Waals surface area contributed by atoms with Crippen molar-refractivity contribution in [2.45, 2.75) is 25.9 Å². The minimum absolute atomic E-state index is 0.287. The molecule has 1 aliphatic heterocycles. The van der Waals surface area contributed by atoms with Crippen LogP contribution in [0.2, 0.25) is 0 Å². The number of methoxy groups -OCH3 is 1. The van der Waals surface area contributed by atoms with Crippen LogP contribution in [0.1, 0.15) is 19.4 Å². The molecule has 0 aromatic heterocycles. The third-order valence-electron chi connectivity index (χ3n) is 3.04. The minimum atomic E-state index is -0.720. The first kappa shape index (κ1) is 13.7. The van der Waals surface area contributed by atoms with Crippen LogP contribution in [0.15, 0.2) is 18.2 Å². The Morgan fingerprint density at radius 3 is 2.68 bits per heavy atom. The maximum absolute atomic E-state index is 11.6. The molecule has 5 nitrogen and oxygen atoms in total. The van der Waals surface area contributed by atoms with Gasteiger partial charge in [0.1, 0.15) is 18.8 Å². The van der Waals surface area contributed by atoms with Crippen molar-refractivity contribution >= 4 is 5.97 Å². The average molecular weight is 265 g/mol. The third kappa shape index (κ3) is 3.17. The van der Waals surface area contributed by atoms with Crippen LogP contribution in [0.3, 0.4) is 0 Å². The van der Waals surface area contributed by atoms with Crippen LogP contribution in [0.25, 0.3) is 0 Å². The van der Waals surface area contributed by atoms with E-state index in [9.17, 15) is 4.79 Å². The van der Waals surface area contributed by atoms with Gasteiger partial charge in [0, 0.05) is 6.54 Å². The van der Waals surface area contributed by atoms with Crippen LogP contribution in [0.5, 0.6) is 11.5 Å². The fraction of sp³-hybridized carbons (Fsp3) is 0.500. The second kappa shape index (κ2) is 5.48. The summed E-state index contributed by atoms with van der Waals surface area (Å²) >= 11 is 0. The number of esters is 1. The van der Waals surface area contributed by atoms with Gasteiger partial charge in [-0.15, -0.1) is 0 Å². The lowest BCUT2D eigenvalue weighted by molar-refractivity contribution is -0.147. The summed E-state index contributed by atoms with van der Waals surface area (Å²) in [6.07, 6.45) is 0. The Hall–Kier alpha value is -1.75. The van der Waals surface area contributed by atoms with Crippen molar-refractivity contribution in [3.8, 4) is 11.5 Å². The summed E-state index contributed by atoms with van der Waals surface area (Å²) < 4.78 is 15.7. The topological polar surface area (TPSA) is 56.8 Å². The Morgan fingerprint density at radius 1 is 1.32 bits per heavy atom. The molecule has 2 rings (SSSR count). The maximum Gasteiger partial charge on any atom is 0.325 e. The highest BCUT2D eigenvalue weighted by atomic mass is 16.6.